The Kier molecular flexibility index (Phi) is 4.60. The molecular weight excluding hydrogens is 288 g/mol. The molecule has 0 saturated carbocycles. The Labute approximate surface area is 128 Å². The van der Waals surface area contributed by atoms with Crippen LogP contribution in [0.5, 0.6) is 0 Å². The number of halogens is 1. The Balaban J connectivity index is 2.44. The molecule has 0 heterocycles. The summed E-state index contributed by atoms with van der Waals surface area (Å²) in [5.41, 5.74) is 7.42. The van der Waals surface area contributed by atoms with E-state index >= 15 is 0 Å². The molecule has 0 aliphatic rings. The molecule has 21 heavy (non-hydrogen) atoms. The summed E-state index contributed by atoms with van der Waals surface area (Å²) in [6.07, 6.45) is 1.03. The number of nitrogens with two attached hydrogens (primary N) is 1. The molecule has 0 bridgehead atoms. The number of hydrogen-bond donors (Lipinski definition) is 1. The average molecular weight is 305 g/mol. The molecule has 2 aromatic rings. The van der Waals surface area contributed by atoms with Crippen LogP contribution in [0.4, 0.5) is 5.69 Å². The van der Waals surface area contributed by atoms with Crippen molar-refractivity contribution in [1.29, 1.82) is 0 Å². The first kappa shape index (κ1) is 15.5. The van der Waals surface area contributed by atoms with E-state index in [1.807, 2.05) is 37.3 Å². The van der Waals surface area contributed by atoms with Gasteiger partial charge in [0.25, 0.3) is 5.69 Å². The first-order chi connectivity index (χ1) is 9.96. The highest BCUT2D eigenvalue weighted by Crippen LogP contribution is 2.32. The van der Waals surface area contributed by atoms with Crippen molar-refractivity contribution in [2.45, 2.75) is 25.3 Å². The van der Waals surface area contributed by atoms with Crippen molar-refractivity contribution in [2.75, 3.05) is 0 Å². The SMILES string of the molecule is CCC(N)(Cc1cc(Cl)ccc1[N+](=O)[O-])c1ccccc1. The van der Waals surface area contributed by atoms with Crippen LogP contribution in [0.15, 0.2) is 48.5 Å². The Bertz CT molecular complexity index is 646. The van der Waals surface area contributed by atoms with E-state index in [1.54, 1.807) is 6.07 Å². The number of rotatable bonds is 5. The van der Waals surface area contributed by atoms with Crippen LogP contribution in [-0.4, -0.2) is 4.92 Å². The lowest BCUT2D eigenvalue weighted by Crippen LogP contribution is -2.38. The van der Waals surface area contributed by atoms with E-state index in [0.717, 1.165) is 5.56 Å². The lowest BCUT2D eigenvalue weighted by atomic mass is 9.82. The van der Waals surface area contributed by atoms with Gasteiger partial charge < -0.3 is 5.73 Å². The molecule has 0 radical (unpaired) electrons. The molecule has 2 aromatic carbocycles. The Morgan fingerprint density at radius 3 is 2.48 bits per heavy atom. The van der Waals surface area contributed by atoms with Gasteiger partial charge in [-0.25, -0.2) is 0 Å². The third-order valence-corrected chi connectivity index (χ3v) is 3.96. The van der Waals surface area contributed by atoms with Gasteiger partial charge in [0.05, 0.1) is 4.92 Å². The minimum Gasteiger partial charge on any atom is -0.321 e. The van der Waals surface area contributed by atoms with E-state index in [1.165, 1.54) is 12.1 Å². The fourth-order valence-electron chi connectivity index (χ4n) is 2.41. The molecule has 0 saturated heterocycles. The van der Waals surface area contributed by atoms with E-state index in [9.17, 15) is 10.1 Å². The summed E-state index contributed by atoms with van der Waals surface area (Å²) < 4.78 is 0. The summed E-state index contributed by atoms with van der Waals surface area (Å²) >= 11 is 5.98. The lowest BCUT2D eigenvalue weighted by molar-refractivity contribution is -0.385. The van der Waals surface area contributed by atoms with Gasteiger partial charge in [0.15, 0.2) is 0 Å². The molecule has 0 fully saturated rings. The highest BCUT2D eigenvalue weighted by molar-refractivity contribution is 6.30. The topological polar surface area (TPSA) is 69.2 Å². The van der Waals surface area contributed by atoms with E-state index in [2.05, 4.69) is 0 Å². The molecule has 0 aliphatic carbocycles. The molecular formula is C16H17ClN2O2. The predicted molar refractivity (Wildman–Crippen MR) is 84.4 cm³/mol. The molecule has 110 valence electrons. The van der Waals surface area contributed by atoms with Gasteiger partial charge in [-0.2, -0.15) is 0 Å². The highest BCUT2D eigenvalue weighted by atomic mass is 35.5. The number of nitro benzene ring substituents is 1. The quantitative estimate of drug-likeness (QED) is 0.669. The van der Waals surface area contributed by atoms with Crippen LogP contribution in [0.25, 0.3) is 0 Å². The van der Waals surface area contributed by atoms with Gasteiger partial charge in [-0.1, -0.05) is 48.9 Å². The van der Waals surface area contributed by atoms with Crippen LogP contribution in [0.3, 0.4) is 0 Å². The number of benzene rings is 2. The minimum atomic E-state index is -0.656. The standard InChI is InChI=1S/C16H17ClN2O2/c1-2-16(18,13-6-4-3-5-7-13)11-12-10-14(17)8-9-15(12)19(20)21/h3-10H,2,11,18H2,1H3. The molecule has 0 spiro atoms. The van der Waals surface area contributed by atoms with Gasteiger partial charge >= 0.3 is 0 Å². The lowest BCUT2D eigenvalue weighted by Gasteiger charge is -2.29. The molecule has 2 N–H and O–H groups in total. The molecule has 1 unspecified atom stereocenters. The number of nitro groups is 1. The fourth-order valence-corrected chi connectivity index (χ4v) is 2.61. The average Bonchev–Trinajstić information content (AvgIpc) is 2.47. The second-order valence-corrected chi connectivity index (χ2v) is 5.52. The van der Waals surface area contributed by atoms with Crippen LogP contribution in [0, 0.1) is 10.1 Å². The maximum Gasteiger partial charge on any atom is 0.272 e. The molecule has 1 atom stereocenters. The van der Waals surface area contributed by atoms with Crippen LogP contribution in [0.2, 0.25) is 5.02 Å². The minimum absolute atomic E-state index is 0.0543. The number of nitrogens with zero attached hydrogens (tertiary/aromatic N) is 1. The van der Waals surface area contributed by atoms with Crippen molar-refractivity contribution in [1.82, 2.24) is 0 Å². The molecule has 2 rings (SSSR count). The van der Waals surface area contributed by atoms with Crippen LogP contribution >= 0.6 is 11.6 Å². The first-order valence-electron chi connectivity index (χ1n) is 6.73. The van der Waals surface area contributed by atoms with Crippen LogP contribution in [-0.2, 0) is 12.0 Å². The van der Waals surface area contributed by atoms with Gasteiger partial charge in [-0.05, 0) is 24.1 Å². The third-order valence-electron chi connectivity index (χ3n) is 3.72. The normalized spacial score (nSPS) is 13.7. The van der Waals surface area contributed by atoms with E-state index < -0.39 is 10.5 Å². The highest BCUT2D eigenvalue weighted by Gasteiger charge is 2.29. The van der Waals surface area contributed by atoms with Crippen molar-refractivity contribution >= 4 is 17.3 Å². The molecule has 0 aromatic heterocycles. The van der Waals surface area contributed by atoms with Crippen molar-refractivity contribution < 1.29 is 4.92 Å². The third kappa shape index (κ3) is 3.40. The summed E-state index contributed by atoms with van der Waals surface area (Å²) in [4.78, 5) is 10.8. The predicted octanol–water partition coefficient (Wildman–Crippen LogP) is 4.05. The van der Waals surface area contributed by atoms with Crippen molar-refractivity contribution in [2.24, 2.45) is 5.73 Å². The fraction of sp³-hybridized carbons (Fsp3) is 0.250. The summed E-state index contributed by atoms with van der Waals surface area (Å²) in [6.45, 7) is 1.98. The van der Waals surface area contributed by atoms with E-state index in [0.29, 0.717) is 23.4 Å². The molecule has 0 aliphatic heterocycles. The van der Waals surface area contributed by atoms with Crippen molar-refractivity contribution in [3.05, 3.63) is 74.8 Å². The maximum absolute atomic E-state index is 11.2. The van der Waals surface area contributed by atoms with E-state index in [-0.39, 0.29) is 5.69 Å². The summed E-state index contributed by atoms with van der Waals surface area (Å²) in [6, 6.07) is 14.2. The number of hydrogen-bond acceptors (Lipinski definition) is 3. The van der Waals surface area contributed by atoms with Crippen LogP contribution < -0.4 is 5.73 Å². The van der Waals surface area contributed by atoms with Crippen LogP contribution in [0.1, 0.15) is 24.5 Å². The maximum atomic E-state index is 11.2. The Hall–Kier alpha value is -1.91. The van der Waals surface area contributed by atoms with Gasteiger partial charge in [0.2, 0.25) is 0 Å². The van der Waals surface area contributed by atoms with Gasteiger partial charge in [0, 0.05) is 28.6 Å². The Morgan fingerprint density at radius 1 is 1.24 bits per heavy atom. The largest absolute Gasteiger partial charge is 0.321 e. The second kappa shape index (κ2) is 6.24. The van der Waals surface area contributed by atoms with Crippen molar-refractivity contribution in [3.63, 3.8) is 0 Å². The summed E-state index contributed by atoms with van der Waals surface area (Å²) in [5.74, 6) is 0. The molecule has 4 nitrogen and oxygen atoms in total. The van der Waals surface area contributed by atoms with E-state index in [4.69, 9.17) is 17.3 Å². The Morgan fingerprint density at radius 2 is 1.90 bits per heavy atom. The van der Waals surface area contributed by atoms with Gasteiger partial charge in [-0.3, -0.25) is 10.1 Å². The zero-order valence-electron chi connectivity index (χ0n) is 11.8. The first-order valence-corrected chi connectivity index (χ1v) is 7.11. The monoisotopic (exact) mass is 304 g/mol. The smallest absolute Gasteiger partial charge is 0.272 e. The second-order valence-electron chi connectivity index (χ2n) is 5.08. The molecule has 0 amide bonds. The zero-order valence-corrected chi connectivity index (χ0v) is 12.5. The van der Waals surface area contributed by atoms with Gasteiger partial charge in [-0.15, -0.1) is 0 Å². The summed E-state index contributed by atoms with van der Waals surface area (Å²) in [7, 11) is 0. The van der Waals surface area contributed by atoms with Gasteiger partial charge in [0.1, 0.15) is 0 Å². The molecule has 5 heteroatoms. The summed E-state index contributed by atoms with van der Waals surface area (Å²) in [5, 5.41) is 11.6. The zero-order chi connectivity index (χ0) is 15.5. The van der Waals surface area contributed by atoms with Crippen molar-refractivity contribution in [3.8, 4) is 0 Å².